The van der Waals surface area contributed by atoms with E-state index in [2.05, 4.69) is 15.2 Å². The van der Waals surface area contributed by atoms with Crippen molar-refractivity contribution in [2.75, 3.05) is 6.61 Å². The minimum atomic E-state index is 0.0706. The summed E-state index contributed by atoms with van der Waals surface area (Å²) in [5.74, 6) is 0. The molecule has 0 spiro atoms. The Hall–Kier alpha value is -2.27. The number of nitrogens with zero attached hydrogens (tertiary/aromatic N) is 4. The van der Waals surface area contributed by atoms with Gasteiger partial charge in [-0.3, -0.25) is 4.98 Å². The Kier molecular flexibility index (Phi) is 4.38. The quantitative estimate of drug-likeness (QED) is 0.637. The molecule has 0 saturated carbocycles. The number of hydrogen-bond donors (Lipinski definition) is 1. The fraction of sp³-hybridized carbons (Fsp3) is 0.154. The highest BCUT2D eigenvalue weighted by Gasteiger charge is 1.90. The van der Waals surface area contributed by atoms with Crippen LogP contribution in [0.25, 0.3) is 0 Å². The SMILES string of the molecule is OCCn1cccc/c1=N\N=C/c1ccccn1. The smallest absolute Gasteiger partial charge is 0.155 e. The second-order valence-corrected chi connectivity index (χ2v) is 3.58. The third kappa shape index (κ3) is 3.36. The van der Waals surface area contributed by atoms with E-state index in [1.54, 1.807) is 12.4 Å². The maximum atomic E-state index is 8.94. The molecule has 0 saturated heterocycles. The number of aromatic nitrogens is 2. The van der Waals surface area contributed by atoms with Crippen LogP contribution in [-0.4, -0.2) is 27.5 Å². The molecule has 0 aromatic carbocycles. The molecule has 0 aliphatic heterocycles. The van der Waals surface area contributed by atoms with Crippen molar-refractivity contribution in [3.8, 4) is 0 Å². The Morgan fingerprint density at radius 2 is 2.11 bits per heavy atom. The van der Waals surface area contributed by atoms with Crippen molar-refractivity contribution in [3.63, 3.8) is 0 Å². The second kappa shape index (κ2) is 6.46. The number of pyridine rings is 2. The average Bonchev–Trinajstić information content (AvgIpc) is 2.42. The predicted octanol–water partition coefficient (Wildman–Crippen LogP) is 0.810. The van der Waals surface area contributed by atoms with Crippen molar-refractivity contribution >= 4 is 6.21 Å². The lowest BCUT2D eigenvalue weighted by Crippen LogP contribution is -2.20. The fourth-order valence-corrected chi connectivity index (χ4v) is 1.45. The molecule has 0 radical (unpaired) electrons. The topological polar surface area (TPSA) is 62.8 Å². The van der Waals surface area contributed by atoms with Crippen LogP contribution in [0.15, 0.2) is 59.0 Å². The minimum absolute atomic E-state index is 0.0706. The predicted molar refractivity (Wildman–Crippen MR) is 68.9 cm³/mol. The molecule has 0 fully saturated rings. The van der Waals surface area contributed by atoms with Crippen LogP contribution >= 0.6 is 0 Å². The van der Waals surface area contributed by atoms with E-state index in [1.165, 1.54) is 0 Å². The molecule has 5 heteroatoms. The summed E-state index contributed by atoms with van der Waals surface area (Å²) in [4.78, 5) is 4.11. The van der Waals surface area contributed by atoms with Gasteiger partial charge in [-0.1, -0.05) is 12.1 Å². The summed E-state index contributed by atoms with van der Waals surface area (Å²) in [6.45, 7) is 0.569. The largest absolute Gasteiger partial charge is 0.395 e. The molecule has 92 valence electrons. The van der Waals surface area contributed by atoms with E-state index < -0.39 is 0 Å². The van der Waals surface area contributed by atoms with Crippen LogP contribution in [0.3, 0.4) is 0 Å². The lowest BCUT2D eigenvalue weighted by molar-refractivity contribution is 0.273. The summed E-state index contributed by atoms with van der Waals surface area (Å²) in [6, 6.07) is 11.2. The lowest BCUT2D eigenvalue weighted by Gasteiger charge is -2.02. The van der Waals surface area contributed by atoms with Crippen LogP contribution in [0, 0.1) is 0 Å². The highest BCUT2D eigenvalue weighted by molar-refractivity contribution is 5.76. The van der Waals surface area contributed by atoms with E-state index in [9.17, 15) is 0 Å². The first-order valence-corrected chi connectivity index (χ1v) is 5.64. The number of aliphatic hydroxyl groups excluding tert-OH is 1. The Balaban J connectivity index is 2.21. The minimum Gasteiger partial charge on any atom is -0.395 e. The molecule has 2 aromatic rings. The van der Waals surface area contributed by atoms with Gasteiger partial charge in [0.2, 0.25) is 0 Å². The molecular weight excluding hydrogens is 228 g/mol. The van der Waals surface area contributed by atoms with Crippen molar-refractivity contribution in [1.82, 2.24) is 9.55 Å². The monoisotopic (exact) mass is 242 g/mol. The summed E-state index contributed by atoms with van der Waals surface area (Å²) >= 11 is 0. The molecule has 0 aliphatic carbocycles. The zero-order valence-electron chi connectivity index (χ0n) is 9.85. The number of rotatable bonds is 4. The molecule has 0 unspecified atom stereocenters. The fourth-order valence-electron chi connectivity index (χ4n) is 1.45. The van der Waals surface area contributed by atoms with Gasteiger partial charge in [0.15, 0.2) is 5.49 Å². The van der Waals surface area contributed by atoms with Crippen molar-refractivity contribution in [2.24, 2.45) is 10.2 Å². The Labute approximate surface area is 105 Å². The summed E-state index contributed by atoms with van der Waals surface area (Å²) in [5.41, 5.74) is 1.45. The zero-order valence-corrected chi connectivity index (χ0v) is 9.85. The molecule has 2 aromatic heterocycles. The zero-order chi connectivity index (χ0) is 12.6. The van der Waals surface area contributed by atoms with Gasteiger partial charge in [-0.2, -0.15) is 5.10 Å². The summed E-state index contributed by atoms with van der Waals surface area (Å²) in [6.07, 6.45) is 5.15. The van der Waals surface area contributed by atoms with E-state index in [0.717, 1.165) is 5.69 Å². The lowest BCUT2D eigenvalue weighted by atomic mass is 10.4. The molecule has 0 bridgehead atoms. The average molecular weight is 242 g/mol. The molecule has 2 rings (SSSR count). The number of aliphatic hydroxyl groups is 1. The first-order chi connectivity index (χ1) is 8.90. The van der Waals surface area contributed by atoms with Crippen LogP contribution in [0.5, 0.6) is 0 Å². The van der Waals surface area contributed by atoms with E-state index in [4.69, 9.17) is 5.11 Å². The van der Waals surface area contributed by atoms with Gasteiger partial charge in [0.1, 0.15) is 0 Å². The first-order valence-electron chi connectivity index (χ1n) is 5.64. The molecule has 18 heavy (non-hydrogen) atoms. The van der Waals surface area contributed by atoms with E-state index in [-0.39, 0.29) is 6.61 Å². The highest BCUT2D eigenvalue weighted by atomic mass is 16.3. The second-order valence-electron chi connectivity index (χ2n) is 3.58. The molecule has 0 aliphatic rings. The number of hydrogen-bond acceptors (Lipinski definition) is 4. The molecule has 0 amide bonds. The maximum Gasteiger partial charge on any atom is 0.155 e. The van der Waals surface area contributed by atoms with E-state index in [0.29, 0.717) is 12.0 Å². The molecule has 5 nitrogen and oxygen atoms in total. The molecule has 2 heterocycles. The molecule has 0 atom stereocenters. The standard InChI is InChI=1S/C13H14N4O/c18-10-9-17-8-4-2-6-13(17)16-15-11-12-5-1-3-7-14-12/h1-8,11,18H,9-10H2/b15-11-,16-13+. The van der Waals surface area contributed by atoms with Gasteiger partial charge in [-0.05, 0) is 24.3 Å². The third-order valence-corrected chi connectivity index (χ3v) is 2.30. The van der Waals surface area contributed by atoms with Gasteiger partial charge in [0.05, 0.1) is 18.5 Å². The van der Waals surface area contributed by atoms with Gasteiger partial charge >= 0.3 is 0 Å². The first kappa shape index (κ1) is 12.2. The Morgan fingerprint density at radius 1 is 1.22 bits per heavy atom. The van der Waals surface area contributed by atoms with Gasteiger partial charge in [0.25, 0.3) is 0 Å². The Morgan fingerprint density at radius 3 is 2.89 bits per heavy atom. The third-order valence-electron chi connectivity index (χ3n) is 2.30. The van der Waals surface area contributed by atoms with Crippen LogP contribution < -0.4 is 5.49 Å². The molecular formula is C13H14N4O. The maximum absolute atomic E-state index is 8.94. The van der Waals surface area contributed by atoms with Crippen LogP contribution in [0.2, 0.25) is 0 Å². The van der Waals surface area contributed by atoms with Crippen molar-refractivity contribution in [1.29, 1.82) is 0 Å². The molecule has 1 N–H and O–H groups in total. The van der Waals surface area contributed by atoms with Crippen LogP contribution in [-0.2, 0) is 6.54 Å². The van der Waals surface area contributed by atoms with Gasteiger partial charge in [-0.15, -0.1) is 5.10 Å². The van der Waals surface area contributed by atoms with Gasteiger partial charge < -0.3 is 9.67 Å². The van der Waals surface area contributed by atoms with Gasteiger partial charge in [-0.25, -0.2) is 0 Å². The van der Waals surface area contributed by atoms with E-state index >= 15 is 0 Å². The van der Waals surface area contributed by atoms with Crippen molar-refractivity contribution < 1.29 is 5.11 Å². The normalized spacial score (nSPS) is 12.2. The van der Waals surface area contributed by atoms with Gasteiger partial charge in [0, 0.05) is 18.9 Å². The Bertz CT molecular complexity index is 575. The van der Waals surface area contributed by atoms with E-state index in [1.807, 2.05) is 47.2 Å². The van der Waals surface area contributed by atoms with Crippen molar-refractivity contribution in [2.45, 2.75) is 6.54 Å². The van der Waals surface area contributed by atoms with Crippen LogP contribution in [0.4, 0.5) is 0 Å². The summed E-state index contributed by atoms with van der Waals surface area (Å²) in [5, 5.41) is 17.0. The van der Waals surface area contributed by atoms with Crippen molar-refractivity contribution in [3.05, 3.63) is 60.0 Å². The summed E-state index contributed by atoms with van der Waals surface area (Å²) in [7, 11) is 0. The van der Waals surface area contributed by atoms with Crippen LogP contribution in [0.1, 0.15) is 5.69 Å². The highest BCUT2D eigenvalue weighted by Crippen LogP contribution is 1.88. The summed E-state index contributed by atoms with van der Waals surface area (Å²) < 4.78 is 1.83.